The van der Waals surface area contributed by atoms with Crippen molar-refractivity contribution in [1.29, 1.82) is 0 Å². The first kappa shape index (κ1) is 23.7. The van der Waals surface area contributed by atoms with Gasteiger partial charge in [0.25, 0.3) is 0 Å². The normalized spacial score (nSPS) is 28.3. The van der Waals surface area contributed by atoms with Crippen molar-refractivity contribution in [2.45, 2.75) is 63.5 Å². The first-order valence-corrected chi connectivity index (χ1v) is 13.0. The zero-order valence-electron chi connectivity index (χ0n) is 20.5. The highest BCUT2D eigenvalue weighted by atomic mass is 16.4. The topological polar surface area (TPSA) is 95.7 Å². The third-order valence-electron chi connectivity index (χ3n) is 8.83. The SMILES string of the molecule is CC(Cc1ccccc1N)(C(=O)NCCc1ccccc1)N(C(=O)O)C1C2CC3CC(C2)CC1C3. The van der Waals surface area contributed by atoms with Gasteiger partial charge in [-0.2, -0.15) is 0 Å². The third-order valence-corrected chi connectivity index (χ3v) is 8.83. The number of amides is 2. The first-order chi connectivity index (χ1) is 16.8. The van der Waals surface area contributed by atoms with Crippen LogP contribution in [0.25, 0.3) is 0 Å². The lowest BCUT2D eigenvalue weighted by Gasteiger charge is -2.59. The minimum absolute atomic E-state index is 0.116. The van der Waals surface area contributed by atoms with Gasteiger partial charge in [-0.05, 0) is 86.3 Å². The monoisotopic (exact) mass is 475 g/mol. The van der Waals surface area contributed by atoms with Crippen molar-refractivity contribution >= 4 is 17.7 Å². The van der Waals surface area contributed by atoms with Crippen molar-refractivity contribution in [2.24, 2.45) is 23.7 Å². The quantitative estimate of drug-likeness (QED) is 0.481. The number of benzene rings is 2. The van der Waals surface area contributed by atoms with Gasteiger partial charge >= 0.3 is 6.09 Å². The number of nitrogens with two attached hydrogens (primary N) is 1. The second-order valence-electron chi connectivity index (χ2n) is 11.2. The van der Waals surface area contributed by atoms with E-state index >= 15 is 0 Å². The molecule has 1 unspecified atom stereocenters. The highest BCUT2D eigenvalue weighted by Crippen LogP contribution is 2.56. The number of carbonyl (C=O) groups is 2. The number of hydrogen-bond acceptors (Lipinski definition) is 3. The molecule has 4 saturated carbocycles. The molecule has 0 heterocycles. The highest BCUT2D eigenvalue weighted by molar-refractivity contribution is 5.90. The summed E-state index contributed by atoms with van der Waals surface area (Å²) in [6.45, 7) is 2.26. The molecule has 4 aliphatic carbocycles. The smallest absolute Gasteiger partial charge is 0.408 e. The lowest BCUT2D eigenvalue weighted by Crippen LogP contribution is -2.68. The van der Waals surface area contributed by atoms with Gasteiger partial charge in [0.15, 0.2) is 0 Å². The van der Waals surface area contributed by atoms with E-state index in [2.05, 4.69) is 5.32 Å². The number of para-hydroxylation sites is 1. The van der Waals surface area contributed by atoms with E-state index < -0.39 is 11.6 Å². The molecule has 0 aromatic heterocycles. The van der Waals surface area contributed by atoms with Gasteiger partial charge < -0.3 is 16.2 Å². The van der Waals surface area contributed by atoms with Crippen molar-refractivity contribution in [3.63, 3.8) is 0 Å². The number of anilines is 1. The van der Waals surface area contributed by atoms with Crippen LogP contribution in [0.4, 0.5) is 10.5 Å². The fourth-order valence-electron chi connectivity index (χ4n) is 7.48. The van der Waals surface area contributed by atoms with E-state index in [-0.39, 0.29) is 18.4 Å². The van der Waals surface area contributed by atoms with Crippen molar-refractivity contribution in [3.05, 3.63) is 65.7 Å². The van der Waals surface area contributed by atoms with E-state index in [0.29, 0.717) is 30.5 Å². The Kier molecular flexibility index (Phi) is 6.47. The predicted molar refractivity (Wildman–Crippen MR) is 137 cm³/mol. The molecule has 6 rings (SSSR count). The van der Waals surface area contributed by atoms with E-state index in [1.165, 1.54) is 6.42 Å². The maximum absolute atomic E-state index is 13.9. The van der Waals surface area contributed by atoms with Crippen LogP contribution in [0.1, 0.15) is 50.2 Å². The Morgan fingerprint density at radius 2 is 1.57 bits per heavy atom. The minimum atomic E-state index is -1.25. The number of rotatable bonds is 8. The number of carbonyl (C=O) groups excluding carboxylic acids is 1. The van der Waals surface area contributed by atoms with Crippen LogP contribution < -0.4 is 11.1 Å². The van der Waals surface area contributed by atoms with Crippen LogP contribution in [-0.2, 0) is 17.6 Å². The van der Waals surface area contributed by atoms with E-state index in [4.69, 9.17) is 5.73 Å². The lowest BCUT2D eigenvalue weighted by atomic mass is 9.53. The molecule has 0 radical (unpaired) electrons. The van der Waals surface area contributed by atoms with Crippen LogP contribution in [-0.4, -0.2) is 40.1 Å². The Balaban J connectivity index is 1.44. The third kappa shape index (κ3) is 4.63. The van der Waals surface area contributed by atoms with Gasteiger partial charge in [0.05, 0.1) is 0 Å². The van der Waals surface area contributed by atoms with Crippen LogP contribution >= 0.6 is 0 Å². The van der Waals surface area contributed by atoms with Crippen LogP contribution in [0.5, 0.6) is 0 Å². The second-order valence-corrected chi connectivity index (χ2v) is 11.2. The molecular weight excluding hydrogens is 438 g/mol. The summed E-state index contributed by atoms with van der Waals surface area (Å²) >= 11 is 0. The molecule has 6 heteroatoms. The number of hydrogen-bond donors (Lipinski definition) is 3. The summed E-state index contributed by atoms with van der Waals surface area (Å²) in [6.07, 6.45) is 5.58. The van der Waals surface area contributed by atoms with E-state index in [0.717, 1.165) is 48.6 Å². The first-order valence-electron chi connectivity index (χ1n) is 13.0. The fourth-order valence-corrected chi connectivity index (χ4v) is 7.48. The summed E-state index contributed by atoms with van der Waals surface area (Å²) in [5.41, 5.74) is 7.56. The molecule has 6 nitrogen and oxygen atoms in total. The van der Waals surface area contributed by atoms with Crippen molar-refractivity contribution < 1.29 is 14.7 Å². The Morgan fingerprint density at radius 3 is 2.17 bits per heavy atom. The number of carboxylic acid groups (broad SMARTS) is 1. The van der Waals surface area contributed by atoms with Crippen LogP contribution in [0.15, 0.2) is 54.6 Å². The Morgan fingerprint density at radius 1 is 0.971 bits per heavy atom. The Hall–Kier alpha value is -3.02. The summed E-state index contributed by atoms with van der Waals surface area (Å²) in [7, 11) is 0. The van der Waals surface area contributed by atoms with Gasteiger partial charge in [0.1, 0.15) is 5.54 Å². The maximum atomic E-state index is 13.9. The van der Waals surface area contributed by atoms with Gasteiger partial charge in [0, 0.05) is 24.7 Å². The van der Waals surface area contributed by atoms with Crippen molar-refractivity contribution in [3.8, 4) is 0 Å². The highest BCUT2D eigenvalue weighted by Gasteiger charge is 2.56. The largest absolute Gasteiger partial charge is 0.465 e. The molecule has 2 aromatic rings. The number of nitrogens with one attached hydrogen (secondary N) is 1. The number of nitrogen functional groups attached to an aromatic ring is 1. The van der Waals surface area contributed by atoms with Crippen molar-refractivity contribution in [2.75, 3.05) is 12.3 Å². The van der Waals surface area contributed by atoms with Gasteiger partial charge in [-0.1, -0.05) is 48.5 Å². The fraction of sp³-hybridized carbons (Fsp3) is 0.517. The zero-order chi connectivity index (χ0) is 24.6. The summed E-state index contributed by atoms with van der Waals surface area (Å²) in [4.78, 5) is 28.4. The van der Waals surface area contributed by atoms with E-state index in [1.54, 1.807) is 11.8 Å². The van der Waals surface area contributed by atoms with Crippen molar-refractivity contribution in [1.82, 2.24) is 10.2 Å². The summed E-state index contributed by atoms with van der Waals surface area (Å²) in [6, 6.07) is 17.4. The Bertz CT molecular complexity index is 1040. The molecule has 4 N–H and O–H groups in total. The zero-order valence-corrected chi connectivity index (χ0v) is 20.5. The molecule has 0 aliphatic heterocycles. The molecule has 0 saturated heterocycles. The summed E-state index contributed by atoms with van der Waals surface area (Å²) < 4.78 is 0. The maximum Gasteiger partial charge on any atom is 0.408 e. The minimum Gasteiger partial charge on any atom is -0.465 e. The van der Waals surface area contributed by atoms with Gasteiger partial charge in [-0.25, -0.2) is 4.79 Å². The summed E-state index contributed by atoms with van der Waals surface area (Å²) in [5, 5.41) is 13.7. The van der Waals surface area contributed by atoms with E-state index in [9.17, 15) is 14.7 Å². The lowest BCUT2D eigenvalue weighted by molar-refractivity contribution is -0.140. The predicted octanol–water partition coefficient (Wildman–Crippen LogP) is 4.73. The second kappa shape index (κ2) is 9.56. The number of nitrogens with zero attached hydrogens (tertiary/aromatic N) is 1. The van der Waals surface area contributed by atoms with Crippen LogP contribution in [0.2, 0.25) is 0 Å². The molecule has 2 aromatic carbocycles. The van der Waals surface area contributed by atoms with Crippen LogP contribution in [0.3, 0.4) is 0 Å². The van der Waals surface area contributed by atoms with Gasteiger partial charge in [0.2, 0.25) is 5.91 Å². The molecule has 4 aliphatic rings. The van der Waals surface area contributed by atoms with Crippen LogP contribution in [0, 0.1) is 23.7 Å². The Labute approximate surface area is 207 Å². The average Bonchev–Trinajstić information content (AvgIpc) is 2.82. The molecule has 186 valence electrons. The molecule has 4 bridgehead atoms. The molecule has 1 atom stereocenters. The molecule has 35 heavy (non-hydrogen) atoms. The van der Waals surface area contributed by atoms with Gasteiger partial charge in [-0.3, -0.25) is 9.69 Å². The molecular formula is C29H37N3O3. The summed E-state index contributed by atoms with van der Waals surface area (Å²) in [5.74, 6) is 1.88. The molecule has 0 spiro atoms. The van der Waals surface area contributed by atoms with E-state index in [1.807, 2.05) is 54.6 Å². The molecule has 2 amide bonds. The molecule has 4 fully saturated rings. The van der Waals surface area contributed by atoms with Gasteiger partial charge in [-0.15, -0.1) is 0 Å². The standard InChI is InChI=1S/C29H37N3O3/c1-29(18-22-9-5-6-10-25(22)30,27(33)31-12-11-19-7-3-2-4-8-19)32(28(34)35)26-23-14-20-13-21(16-23)17-24(26)15-20/h2-10,20-21,23-24,26H,11-18,30H2,1H3,(H,31,33)(H,34,35). The average molecular weight is 476 g/mol.